The minimum Gasteiger partial charge on any atom is -0.497 e. The molecule has 4 aliphatic rings. The number of rotatable bonds is 2. The zero-order chi connectivity index (χ0) is 20.9. The maximum atomic E-state index is 6.44. The molecule has 0 radical (unpaired) electrons. The van der Waals surface area contributed by atoms with E-state index in [1.165, 1.54) is 31.0 Å². The summed E-state index contributed by atoms with van der Waals surface area (Å²) >= 11 is 0. The molecule has 1 saturated carbocycles. The maximum Gasteiger partial charge on any atom is 0.169 e. The van der Waals surface area contributed by atoms with Crippen molar-refractivity contribution in [2.24, 2.45) is 11.7 Å². The lowest BCUT2D eigenvalue weighted by molar-refractivity contribution is 0.0947. The van der Waals surface area contributed by atoms with Crippen LogP contribution < -0.4 is 15.2 Å². The minimum absolute atomic E-state index is 0.0134. The van der Waals surface area contributed by atoms with Crippen molar-refractivity contribution >= 4 is 0 Å². The predicted molar refractivity (Wildman–Crippen MR) is 116 cm³/mol. The summed E-state index contributed by atoms with van der Waals surface area (Å²) in [7, 11) is 4.96. The van der Waals surface area contributed by atoms with Crippen molar-refractivity contribution in [1.82, 2.24) is 0 Å². The van der Waals surface area contributed by atoms with Gasteiger partial charge in [0, 0.05) is 5.56 Å². The number of methoxy groups -OCH3 is 2. The molecule has 2 N–H and O–H groups in total. The average molecular weight is 386 g/mol. The molecule has 3 unspecified atom stereocenters. The van der Waals surface area contributed by atoms with Gasteiger partial charge >= 0.3 is 0 Å². The largest absolute Gasteiger partial charge is 0.497 e. The third kappa shape index (κ3) is 2.95. The van der Waals surface area contributed by atoms with Gasteiger partial charge in [-0.3, -0.25) is 0 Å². The molecule has 0 saturated heterocycles. The molecular weight excluding hydrogens is 350 g/mol. The van der Waals surface area contributed by atoms with Crippen molar-refractivity contribution in [1.29, 1.82) is 0 Å². The standard InChI is InChI=1S/C19H20O3.C2H6.C2H4.CH5N/c1-20-14-7-5-12-10-11-4-3-9-19-13(11)6-8-15(21-2)18(19)22-17(14)16(12)19;3*1-2/h5-8,11,18H,3-4,9-10H2,1-2H3;1-2H3;1-2H2;2H2,1H3. The van der Waals surface area contributed by atoms with Gasteiger partial charge in [0.1, 0.15) is 5.76 Å². The van der Waals surface area contributed by atoms with E-state index in [0.29, 0.717) is 5.92 Å². The molecule has 1 spiro atoms. The van der Waals surface area contributed by atoms with Gasteiger partial charge in [-0.1, -0.05) is 38.0 Å². The second kappa shape index (κ2) is 9.33. The van der Waals surface area contributed by atoms with Crippen LogP contribution in [0.3, 0.4) is 0 Å². The summed E-state index contributed by atoms with van der Waals surface area (Å²) in [6.07, 6.45) is 9.22. The highest BCUT2D eigenvalue weighted by molar-refractivity contribution is 5.66. The molecule has 1 aromatic carbocycles. The third-order valence-electron chi connectivity index (χ3n) is 6.02. The molecule has 0 aromatic heterocycles. The normalized spacial score (nSPS) is 26.8. The first-order valence-corrected chi connectivity index (χ1v) is 10.2. The van der Waals surface area contributed by atoms with Gasteiger partial charge in [0.25, 0.3) is 0 Å². The van der Waals surface area contributed by atoms with Crippen molar-refractivity contribution in [3.8, 4) is 11.5 Å². The van der Waals surface area contributed by atoms with Crippen LogP contribution in [0.25, 0.3) is 0 Å². The number of allylic oxidation sites excluding steroid dienone is 2. The zero-order valence-corrected chi connectivity index (χ0v) is 18.0. The number of ether oxygens (including phenoxy) is 3. The van der Waals surface area contributed by atoms with Gasteiger partial charge in [0.2, 0.25) is 0 Å². The Balaban J connectivity index is 0.000000430. The molecular formula is C24H35NO3. The van der Waals surface area contributed by atoms with Crippen LogP contribution in [0.2, 0.25) is 0 Å². The van der Waals surface area contributed by atoms with E-state index in [-0.39, 0.29) is 11.5 Å². The first kappa shape index (κ1) is 22.1. The molecule has 4 heteroatoms. The van der Waals surface area contributed by atoms with Crippen LogP contribution in [0.4, 0.5) is 0 Å². The van der Waals surface area contributed by atoms with E-state index in [9.17, 15) is 0 Å². The van der Waals surface area contributed by atoms with Crippen LogP contribution in [0.5, 0.6) is 11.5 Å². The number of hydrogen-bond donors (Lipinski definition) is 1. The summed E-state index contributed by atoms with van der Waals surface area (Å²) in [5.41, 5.74) is 8.86. The summed E-state index contributed by atoms with van der Waals surface area (Å²) in [5, 5.41) is 0. The summed E-state index contributed by atoms with van der Waals surface area (Å²) in [6.45, 7) is 10.0. The summed E-state index contributed by atoms with van der Waals surface area (Å²) in [4.78, 5) is 0. The molecule has 5 rings (SSSR count). The van der Waals surface area contributed by atoms with Crippen LogP contribution in [-0.4, -0.2) is 27.4 Å². The highest BCUT2D eigenvalue weighted by atomic mass is 16.6. The summed E-state index contributed by atoms with van der Waals surface area (Å²) in [6, 6.07) is 4.30. The van der Waals surface area contributed by atoms with Gasteiger partial charge in [0.15, 0.2) is 17.6 Å². The lowest BCUT2D eigenvalue weighted by Gasteiger charge is -2.49. The summed E-state index contributed by atoms with van der Waals surface area (Å²) < 4.78 is 17.7. The van der Waals surface area contributed by atoms with Crippen molar-refractivity contribution in [2.45, 2.75) is 51.0 Å². The Labute approximate surface area is 170 Å². The van der Waals surface area contributed by atoms with Gasteiger partial charge in [-0.2, -0.15) is 0 Å². The predicted octanol–water partition coefficient (Wildman–Crippen LogP) is 4.92. The van der Waals surface area contributed by atoms with Crippen molar-refractivity contribution in [3.63, 3.8) is 0 Å². The van der Waals surface area contributed by atoms with Gasteiger partial charge in [-0.05, 0) is 49.9 Å². The molecule has 1 fully saturated rings. The van der Waals surface area contributed by atoms with Crippen LogP contribution in [0, 0.1) is 5.92 Å². The van der Waals surface area contributed by atoms with Crippen molar-refractivity contribution in [2.75, 3.05) is 21.3 Å². The molecule has 3 atom stereocenters. The summed E-state index contributed by atoms with van der Waals surface area (Å²) in [5.74, 6) is 3.39. The molecule has 1 aliphatic heterocycles. The molecule has 0 amide bonds. The minimum atomic E-state index is -0.0225. The Hall–Kier alpha value is -2.20. The van der Waals surface area contributed by atoms with Crippen LogP contribution in [0.15, 0.2) is 48.8 Å². The molecule has 4 nitrogen and oxygen atoms in total. The fourth-order valence-electron chi connectivity index (χ4n) is 5.23. The Morgan fingerprint density at radius 2 is 1.82 bits per heavy atom. The van der Waals surface area contributed by atoms with E-state index in [2.05, 4.69) is 43.2 Å². The monoisotopic (exact) mass is 385 g/mol. The Kier molecular flexibility index (Phi) is 7.36. The van der Waals surface area contributed by atoms with E-state index in [4.69, 9.17) is 14.2 Å². The fraction of sp³-hybridized carbons (Fsp3) is 0.500. The van der Waals surface area contributed by atoms with E-state index in [0.717, 1.165) is 30.1 Å². The lowest BCUT2D eigenvalue weighted by atomic mass is 9.53. The second-order valence-electron chi connectivity index (χ2n) is 6.79. The van der Waals surface area contributed by atoms with Crippen LogP contribution in [0.1, 0.15) is 44.2 Å². The molecule has 3 aliphatic carbocycles. The first-order valence-electron chi connectivity index (χ1n) is 10.2. The quantitative estimate of drug-likeness (QED) is 0.734. The van der Waals surface area contributed by atoms with Crippen molar-refractivity contribution < 1.29 is 14.2 Å². The Morgan fingerprint density at radius 1 is 1.11 bits per heavy atom. The van der Waals surface area contributed by atoms with Crippen molar-refractivity contribution in [3.05, 3.63) is 59.9 Å². The number of hydrogen-bond acceptors (Lipinski definition) is 4. The molecule has 28 heavy (non-hydrogen) atoms. The molecule has 154 valence electrons. The second-order valence-corrected chi connectivity index (χ2v) is 6.79. The smallest absolute Gasteiger partial charge is 0.169 e. The third-order valence-corrected chi connectivity index (χ3v) is 6.02. The molecule has 2 bridgehead atoms. The fourth-order valence-corrected chi connectivity index (χ4v) is 5.23. The first-order chi connectivity index (χ1) is 13.8. The molecule has 1 aromatic rings. The van der Waals surface area contributed by atoms with E-state index in [1.807, 2.05) is 13.8 Å². The van der Waals surface area contributed by atoms with Gasteiger partial charge in [-0.15, -0.1) is 13.2 Å². The molecule has 1 heterocycles. The zero-order valence-electron chi connectivity index (χ0n) is 18.0. The van der Waals surface area contributed by atoms with E-state index < -0.39 is 0 Å². The number of benzene rings is 1. The van der Waals surface area contributed by atoms with Gasteiger partial charge in [-0.25, -0.2) is 0 Å². The van der Waals surface area contributed by atoms with E-state index in [1.54, 1.807) is 19.8 Å². The highest BCUT2D eigenvalue weighted by Gasteiger charge is 2.60. The Bertz CT molecular complexity index is 752. The Morgan fingerprint density at radius 3 is 2.46 bits per heavy atom. The highest BCUT2D eigenvalue weighted by Crippen LogP contribution is 2.64. The SMILES string of the molecule is C=C.CC.CN.COC1=CC=C2C3CCCC24c2c(ccc(OC)c2OC14)C3. The average Bonchev–Trinajstić information content (AvgIpc) is 3.12. The van der Waals surface area contributed by atoms with Crippen LogP contribution >= 0.6 is 0 Å². The van der Waals surface area contributed by atoms with Crippen LogP contribution in [-0.2, 0) is 16.6 Å². The van der Waals surface area contributed by atoms with Gasteiger partial charge in [0.05, 0.1) is 19.6 Å². The topological polar surface area (TPSA) is 53.7 Å². The lowest BCUT2D eigenvalue weighted by Crippen LogP contribution is -2.50. The number of nitrogens with two attached hydrogens (primary N) is 1. The van der Waals surface area contributed by atoms with E-state index >= 15 is 0 Å². The maximum absolute atomic E-state index is 6.44. The van der Waals surface area contributed by atoms with Gasteiger partial charge < -0.3 is 19.9 Å².